The molecule has 0 saturated carbocycles. The van der Waals surface area contributed by atoms with Crippen LogP contribution >= 0.6 is 11.6 Å². The number of rotatable bonds is 4. The molecule has 0 fully saturated rings. The monoisotopic (exact) mass is 301 g/mol. The van der Waals surface area contributed by atoms with E-state index in [-0.39, 0.29) is 0 Å². The SMILES string of the molecule is COc1cccc2c1CN(CCc1ccc(Cl)cc1)CC2. The minimum absolute atomic E-state index is 0.801. The van der Waals surface area contributed by atoms with E-state index in [1.807, 2.05) is 12.1 Å². The number of benzene rings is 2. The minimum atomic E-state index is 0.801. The quantitative estimate of drug-likeness (QED) is 0.848. The Kier molecular flexibility index (Phi) is 4.47. The van der Waals surface area contributed by atoms with Crippen molar-refractivity contribution in [1.82, 2.24) is 4.90 Å². The third-order valence-corrected chi connectivity index (χ3v) is 4.41. The molecule has 3 heteroatoms. The Balaban J connectivity index is 1.65. The topological polar surface area (TPSA) is 12.5 Å². The Morgan fingerprint density at radius 3 is 2.71 bits per heavy atom. The predicted molar refractivity (Wildman–Crippen MR) is 87.1 cm³/mol. The van der Waals surface area contributed by atoms with Gasteiger partial charge in [0.25, 0.3) is 0 Å². The number of fused-ring (bicyclic) bond motifs is 1. The van der Waals surface area contributed by atoms with Crippen molar-refractivity contribution >= 4 is 11.6 Å². The summed E-state index contributed by atoms with van der Waals surface area (Å²) in [6, 6.07) is 14.5. The maximum Gasteiger partial charge on any atom is 0.123 e. The van der Waals surface area contributed by atoms with Crippen molar-refractivity contribution in [1.29, 1.82) is 0 Å². The van der Waals surface area contributed by atoms with Gasteiger partial charge in [-0.2, -0.15) is 0 Å². The van der Waals surface area contributed by atoms with Crippen molar-refractivity contribution < 1.29 is 4.74 Å². The van der Waals surface area contributed by atoms with Gasteiger partial charge in [-0.15, -0.1) is 0 Å². The van der Waals surface area contributed by atoms with Gasteiger partial charge < -0.3 is 4.74 Å². The first-order chi connectivity index (χ1) is 10.3. The summed E-state index contributed by atoms with van der Waals surface area (Å²) in [4.78, 5) is 2.50. The molecule has 21 heavy (non-hydrogen) atoms. The average Bonchev–Trinajstić information content (AvgIpc) is 2.53. The first kappa shape index (κ1) is 14.4. The molecule has 110 valence electrons. The lowest BCUT2D eigenvalue weighted by atomic mass is 9.98. The van der Waals surface area contributed by atoms with E-state index in [0.29, 0.717) is 0 Å². The summed E-state index contributed by atoms with van der Waals surface area (Å²) in [6.07, 6.45) is 2.16. The Morgan fingerprint density at radius 2 is 1.95 bits per heavy atom. The fraction of sp³-hybridized carbons (Fsp3) is 0.333. The molecule has 0 bridgehead atoms. The van der Waals surface area contributed by atoms with Gasteiger partial charge in [-0.3, -0.25) is 4.90 Å². The van der Waals surface area contributed by atoms with E-state index in [4.69, 9.17) is 16.3 Å². The van der Waals surface area contributed by atoms with Gasteiger partial charge in [-0.05, 0) is 42.2 Å². The standard InChI is InChI=1S/C18H20ClNO/c1-21-18-4-2-3-15-10-12-20(13-17(15)18)11-9-14-5-7-16(19)8-6-14/h2-8H,9-13H2,1H3. The van der Waals surface area contributed by atoms with E-state index < -0.39 is 0 Å². The van der Waals surface area contributed by atoms with E-state index in [2.05, 4.69) is 35.2 Å². The highest BCUT2D eigenvalue weighted by atomic mass is 35.5. The van der Waals surface area contributed by atoms with Crippen LogP contribution in [0, 0.1) is 0 Å². The average molecular weight is 302 g/mol. The smallest absolute Gasteiger partial charge is 0.123 e. The molecule has 1 aliphatic rings. The summed E-state index contributed by atoms with van der Waals surface area (Å²) in [5.41, 5.74) is 4.12. The van der Waals surface area contributed by atoms with Gasteiger partial charge in [0.1, 0.15) is 5.75 Å². The highest BCUT2D eigenvalue weighted by molar-refractivity contribution is 6.30. The van der Waals surface area contributed by atoms with Crippen LogP contribution in [0.25, 0.3) is 0 Å². The number of nitrogens with zero attached hydrogens (tertiary/aromatic N) is 1. The third-order valence-electron chi connectivity index (χ3n) is 4.16. The zero-order chi connectivity index (χ0) is 14.7. The fourth-order valence-electron chi connectivity index (χ4n) is 2.93. The summed E-state index contributed by atoms with van der Waals surface area (Å²) < 4.78 is 5.50. The maximum atomic E-state index is 5.93. The second-order valence-corrected chi connectivity index (χ2v) is 5.94. The number of ether oxygens (including phenoxy) is 1. The summed E-state index contributed by atoms with van der Waals surface area (Å²) in [6.45, 7) is 3.17. The van der Waals surface area contributed by atoms with Crippen LogP contribution in [-0.4, -0.2) is 25.1 Å². The fourth-order valence-corrected chi connectivity index (χ4v) is 3.05. The van der Waals surface area contributed by atoms with Crippen molar-refractivity contribution in [3.63, 3.8) is 0 Å². The maximum absolute atomic E-state index is 5.93. The van der Waals surface area contributed by atoms with Crippen LogP contribution in [0.4, 0.5) is 0 Å². The molecule has 3 rings (SSSR count). The minimum Gasteiger partial charge on any atom is -0.496 e. The van der Waals surface area contributed by atoms with E-state index in [0.717, 1.165) is 43.2 Å². The molecule has 0 aromatic heterocycles. The van der Waals surface area contributed by atoms with E-state index in [1.165, 1.54) is 16.7 Å². The molecular formula is C18H20ClNO. The van der Waals surface area contributed by atoms with Crippen molar-refractivity contribution in [3.8, 4) is 5.75 Å². The Labute approximate surface area is 131 Å². The zero-order valence-corrected chi connectivity index (χ0v) is 13.1. The highest BCUT2D eigenvalue weighted by Gasteiger charge is 2.18. The molecule has 2 aromatic rings. The van der Waals surface area contributed by atoms with E-state index >= 15 is 0 Å². The molecule has 2 aromatic carbocycles. The van der Waals surface area contributed by atoms with Crippen LogP contribution in [0.5, 0.6) is 5.75 Å². The van der Waals surface area contributed by atoms with Crippen LogP contribution in [0.1, 0.15) is 16.7 Å². The molecule has 0 saturated heterocycles. The zero-order valence-electron chi connectivity index (χ0n) is 12.3. The molecule has 1 heterocycles. The highest BCUT2D eigenvalue weighted by Crippen LogP contribution is 2.27. The second-order valence-electron chi connectivity index (χ2n) is 5.50. The number of hydrogen-bond acceptors (Lipinski definition) is 2. The van der Waals surface area contributed by atoms with Gasteiger partial charge in [0.05, 0.1) is 7.11 Å². The summed E-state index contributed by atoms with van der Waals surface area (Å²) in [7, 11) is 1.75. The van der Waals surface area contributed by atoms with Crippen LogP contribution in [0.15, 0.2) is 42.5 Å². The van der Waals surface area contributed by atoms with E-state index in [9.17, 15) is 0 Å². The predicted octanol–water partition coefficient (Wildman–Crippen LogP) is 3.95. The van der Waals surface area contributed by atoms with Gasteiger partial charge in [-0.25, -0.2) is 0 Å². The largest absolute Gasteiger partial charge is 0.496 e. The van der Waals surface area contributed by atoms with Crippen molar-refractivity contribution in [2.75, 3.05) is 20.2 Å². The number of methoxy groups -OCH3 is 1. The van der Waals surface area contributed by atoms with Gasteiger partial charge >= 0.3 is 0 Å². The molecule has 0 amide bonds. The van der Waals surface area contributed by atoms with Gasteiger partial charge in [0.2, 0.25) is 0 Å². The second kappa shape index (κ2) is 6.50. The number of hydrogen-bond donors (Lipinski definition) is 0. The Hall–Kier alpha value is -1.51. The van der Waals surface area contributed by atoms with Crippen LogP contribution < -0.4 is 4.74 Å². The Morgan fingerprint density at radius 1 is 1.14 bits per heavy atom. The molecule has 2 nitrogen and oxygen atoms in total. The molecular weight excluding hydrogens is 282 g/mol. The normalized spacial score (nSPS) is 14.8. The van der Waals surface area contributed by atoms with Crippen LogP contribution in [-0.2, 0) is 19.4 Å². The van der Waals surface area contributed by atoms with Crippen molar-refractivity contribution in [3.05, 3.63) is 64.2 Å². The lowest BCUT2D eigenvalue weighted by molar-refractivity contribution is 0.251. The first-order valence-corrected chi connectivity index (χ1v) is 7.75. The molecule has 0 radical (unpaired) electrons. The molecule has 0 atom stereocenters. The molecule has 0 spiro atoms. The van der Waals surface area contributed by atoms with Crippen LogP contribution in [0.2, 0.25) is 5.02 Å². The first-order valence-electron chi connectivity index (χ1n) is 7.38. The molecule has 0 aliphatic carbocycles. The van der Waals surface area contributed by atoms with E-state index in [1.54, 1.807) is 7.11 Å². The van der Waals surface area contributed by atoms with Crippen molar-refractivity contribution in [2.24, 2.45) is 0 Å². The van der Waals surface area contributed by atoms with Crippen LogP contribution in [0.3, 0.4) is 0 Å². The van der Waals surface area contributed by atoms with Gasteiger partial charge in [0, 0.05) is 30.2 Å². The van der Waals surface area contributed by atoms with Gasteiger partial charge in [0.15, 0.2) is 0 Å². The van der Waals surface area contributed by atoms with Crippen molar-refractivity contribution in [2.45, 2.75) is 19.4 Å². The molecule has 0 unspecified atom stereocenters. The van der Waals surface area contributed by atoms with Gasteiger partial charge in [-0.1, -0.05) is 35.9 Å². The lowest BCUT2D eigenvalue weighted by Gasteiger charge is -2.29. The summed E-state index contributed by atoms with van der Waals surface area (Å²) in [5, 5.41) is 0.801. The molecule has 1 aliphatic heterocycles. The summed E-state index contributed by atoms with van der Waals surface area (Å²) in [5.74, 6) is 1.02. The molecule has 0 N–H and O–H groups in total. The Bertz CT molecular complexity index is 595. The third kappa shape index (κ3) is 3.39. The summed E-state index contributed by atoms with van der Waals surface area (Å²) >= 11 is 5.93. The number of halogens is 1. The lowest BCUT2D eigenvalue weighted by Crippen LogP contribution is -2.32.